The smallest absolute Gasteiger partial charge is 0.303 e. The van der Waals surface area contributed by atoms with Crippen molar-refractivity contribution in [1.82, 2.24) is 0 Å². The van der Waals surface area contributed by atoms with Crippen LogP contribution in [-0.2, 0) is 81.3 Å². The van der Waals surface area contributed by atoms with Gasteiger partial charge in [0.05, 0.1) is 30.4 Å². The molecule has 4 heterocycles. The van der Waals surface area contributed by atoms with E-state index in [0.29, 0.717) is 99.4 Å². The Balaban J connectivity index is 0.000000264. The number of nitrogens with zero attached hydrogens (tertiary/aromatic N) is 4. The molecule has 4 N–H and O–H groups in total. The first-order valence-corrected chi connectivity index (χ1v) is 43.6. The molecule has 0 bridgehead atoms. The predicted octanol–water partition coefficient (Wildman–Crippen LogP) is 15.3. The number of unbranched alkanes of at least 4 members (excludes halogenated alkanes) is 8. The van der Waals surface area contributed by atoms with Gasteiger partial charge in [-0.1, -0.05) is 119 Å². The largest absolute Gasteiger partial charge is 0.744 e. The Labute approximate surface area is 667 Å². The zero-order valence-corrected chi connectivity index (χ0v) is 68.5. The van der Waals surface area contributed by atoms with Crippen LogP contribution in [-0.4, -0.2) is 143 Å². The average Bonchev–Trinajstić information content (AvgIpc) is 1.60. The first kappa shape index (κ1) is 88.2. The normalized spacial score (nSPS) is 17.2. The molecule has 0 unspecified atom stereocenters. The minimum Gasteiger partial charge on any atom is -0.744 e. The molecule has 10 rings (SSSR count). The summed E-state index contributed by atoms with van der Waals surface area (Å²) in [5, 5.41) is 39.2. The number of hydrogen-bond donors (Lipinski definition) is 4. The highest BCUT2D eigenvalue weighted by Crippen LogP contribution is 2.53. The van der Waals surface area contributed by atoms with Crippen LogP contribution in [0.2, 0.25) is 0 Å². The molecule has 0 aromatic heterocycles. The summed E-state index contributed by atoms with van der Waals surface area (Å²) < 4.78 is 146. The van der Waals surface area contributed by atoms with Crippen molar-refractivity contribution < 1.29 is 101 Å². The van der Waals surface area contributed by atoms with Crippen molar-refractivity contribution in [3.8, 4) is 0 Å². The molecule has 6 aromatic rings. The summed E-state index contributed by atoms with van der Waals surface area (Å²) >= 11 is 0. The van der Waals surface area contributed by atoms with Gasteiger partial charge < -0.3 is 48.4 Å². The predicted molar refractivity (Wildman–Crippen MR) is 434 cm³/mol. The fourth-order valence-electron chi connectivity index (χ4n) is 15.9. The van der Waals surface area contributed by atoms with E-state index in [4.69, 9.17) is 20.4 Å². The maximum Gasteiger partial charge on any atom is 0.303 e. The molecular weight excluding hydrogens is 1540 g/mol. The van der Waals surface area contributed by atoms with Gasteiger partial charge in [0.15, 0.2) is 11.4 Å². The lowest BCUT2D eigenvalue weighted by molar-refractivity contribution is -0.438. The average molecular weight is 1640 g/mol. The highest BCUT2D eigenvalue weighted by Gasteiger charge is 2.47. The van der Waals surface area contributed by atoms with Gasteiger partial charge in [-0.25, -0.2) is 33.7 Å². The number of aliphatic carboxylic acids is 4. The number of hydrogen-bond acceptors (Lipinski definition) is 18. The fraction of sp³-hybridized carbons (Fsp3) is 0.372. The van der Waals surface area contributed by atoms with Crippen molar-refractivity contribution in [2.24, 2.45) is 0 Å². The van der Waals surface area contributed by atoms with Crippen LogP contribution in [0.1, 0.15) is 180 Å². The lowest BCUT2D eigenvalue weighted by Crippen LogP contribution is -2.28. The zero-order valence-electron chi connectivity index (χ0n) is 65.2. The van der Waals surface area contributed by atoms with Gasteiger partial charge >= 0.3 is 23.9 Å². The summed E-state index contributed by atoms with van der Waals surface area (Å²) in [6.45, 7) is 18.7. The Hall–Kier alpha value is -9.78. The molecule has 4 aliphatic heterocycles. The second-order valence-electron chi connectivity index (χ2n) is 30.9. The summed E-state index contributed by atoms with van der Waals surface area (Å²) in [4.78, 5) is 47.3. The molecule has 4 aliphatic rings. The summed E-state index contributed by atoms with van der Waals surface area (Å²) in [7, 11) is -18.6. The second-order valence-corrected chi connectivity index (χ2v) is 36.4. The summed E-state index contributed by atoms with van der Waals surface area (Å²) in [5.41, 5.74) is 8.51. The lowest BCUT2D eigenvalue weighted by Gasteiger charge is -2.27. The molecule has 24 nitrogen and oxygen atoms in total. The van der Waals surface area contributed by atoms with Crippen LogP contribution >= 0.6 is 0 Å². The number of carbonyl (C=O) groups is 4. The molecule has 0 radical (unpaired) electrons. The Kier molecular flexibility index (Phi) is 28.1. The second kappa shape index (κ2) is 36.4. The highest BCUT2D eigenvalue weighted by molar-refractivity contribution is 7.86. The summed E-state index contributed by atoms with van der Waals surface area (Å²) in [5.74, 6) is -3.34. The Bertz CT molecular complexity index is 5560. The van der Waals surface area contributed by atoms with E-state index in [1.165, 1.54) is 48.5 Å². The van der Waals surface area contributed by atoms with Gasteiger partial charge in [0, 0.05) is 121 Å². The third-order valence-electron chi connectivity index (χ3n) is 21.5. The van der Waals surface area contributed by atoms with Crippen LogP contribution in [0.3, 0.4) is 0 Å². The number of anilines is 2. The van der Waals surface area contributed by atoms with Crippen LogP contribution in [0, 0.1) is 0 Å². The number of benzene rings is 6. The molecule has 6 aromatic carbocycles. The van der Waals surface area contributed by atoms with Gasteiger partial charge in [-0.2, -0.15) is 9.15 Å². The lowest BCUT2D eigenvalue weighted by atomic mass is 9.79. The van der Waals surface area contributed by atoms with Gasteiger partial charge in [-0.3, -0.25) is 19.2 Å². The maximum absolute atomic E-state index is 11.8. The molecule has 0 fully saturated rings. The van der Waals surface area contributed by atoms with Gasteiger partial charge in [-0.15, -0.1) is 0 Å². The quantitative estimate of drug-likeness (QED) is 0.0123. The molecule has 0 saturated carbocycles. The third-order valence-corrected chi connectivity index (χ3v) is 24.8. The van der Waals surface area contributed by atoms with Crippen molar-refractivity contribution in [2.45, 2.75) is 199 Å². The molecule has 0 amide bonds. The monoisotopic (exact) mass is 1630 g/mol. The maximum atomic E-state index is 11.8. The molecule has 0 aliphatic carbocycles. The van der Waals surface area contributed by atoms with Crippen LogP contribution in [0.5, 0.6) is 0 Å². The Morgan fingerprint density at radius 2 is 0.711 bits per heavy atom. The molecular formula is C86H98N4O20S4-2. The van der Waals surface area contributed by atoms with Gasteiger partial charge in [0.25, 0.3) is 0 Å². The van der Waals surface area contributed by atoms with Gasteiger partial charge in [-0.05, 0) is 191 Å². The standard InChI is InChI=1S/C47H52N2O10S2.C39H48N2O10S2/c1-46(2)40(48(28-14-8-12-18-42(50)51)38-26-20-32-30-34(60(54,55)56)22-24-36(32)44(38)46)16-10-6-5-7-11-17-41-47(3,4)45-37-25-23-35(61(57,58)59)31-33(37)21-27-39(45)49(41)29-15-9-13-19-43(52)53;1-38(2)30-26-28(52(46,47)48)20-22-32(30)40(24-14-8-12-18-36(42)43)34(38)16-10-6-5-7-11-17-35-39(3,4)31-27-29(53(49,50)51)21-23-33(31)41(35)25-15-9-13-19-37(44)45/h5-7,10-11,16-17,20-27,30-31H,8-9,12-15,18-19,28-29H2,1-4H3,(H3-,50,51,52,53,54,55,56,57,58,59);5-7,10-11,16-17,20-23,26-27H,8-9,12-15,18-19,24-25H2,1-4H3,(H3-,42,43,44,45,46,47,48,49,50,51)/p-2. The van der Waals surface area contributed by atoms with E-state index >= 15 is 0 Å². The summed E-state index contributed by atoms with van der Waals surface area (Å²) in [6.07, 6.45) is 35.4. The molecule has 114 heavy (non-hydrogen) atoms. The Morgan fingerprint density at radius 1 is 0.360 bits per heavy atom. The fourth-order valence-corrected chi connectivity index (χ4v) is 17.9. The minimum absolute atomic E-state index is 0.0853. The van der Waals surface area contributed by atoms with Gasteiger partial charge in [0.1, 0.15) is 53.6 Å². The topological polar surface area (TPSA) is 390 Å². The first-order valence-electron chi connectivity index (χ1n) is 37.9. The Morgan fingerprint density at radius 3 is 1.18 bits per heavy atom. The van der Waals surface area contributed by atoms with Gasteiger partial charge in [0.2, 0.25) is 11.4 Å². The van der Waals surface area contributed by atoms with E-state index in [-0.39, 0.29) is 45.3 Å². The number of fused-ring (bicyclic) bond motifs is 8. The van der Waals surface area contributed by atoms with Crippen molar-refractivity contribution in [2.75, 3.05) is 36.0 Å². The van der Waals surface area contributed by atoms with E-state index in [1.807, 2.05) is 125 Å². The van der Waals surface area contributed by atoms with E-state index in [9.17, 15) is 71.1 Å². The molecule has 0 saturated heterocycles. The summed E-state index contributed by atoms with van der Waals surface area (Å²) in [6, 6.07) is 25.3. The molecule has 608 valence electrons. The zero-order chi connectivity index (χ0) is 83.5. The number of carboxylic acids is 4. The third kappa shape index (κ3) is 20.8. The van der Waals surface area contributed by atoms with Crippen molar-refractivity contribution in [1.29, 1.82) is 0 Å². The van der Waals surface area contributed by atoms with E-state index in [2.05, 4.69) is 58.8 Å². The van der Waals surface area contributed by atoms with Crippen LogP contribution < -0.4 is 9.80 Å². The molecule has 28 heteroatoms. The first-order chi connectivity index (χ1) is 53.5. The van der Waals surface area contributed by atoms with Crippen LogP contribution in [0.4, 0.5) is 22.7 Å². The molecule has 0 spiro atoms. The van der Waals surface area contributed by atoms with E-state index < -0.39 is 86.0 Å². The van der Waals surface area contributed by atoms with Crippen LogP contribution in [0.15, 0.2) is 213 Å². The molecule has 0 atom stereocenters. The van der Waals surface area contributed by atoms with E-state index in [1.54, 1.807) is 24.3 Å². The highest BCUT2D eigenvalue weighted by atomic mass is 32.2. The van der Waals surface area contributed by atoms with Crippen LogP contribution in [0.25, 0.3) is 21.5 Å². The number of carboxylic acid groups (broad SMARTS) is 4. The SMILES string of the molecule is CC1(C)C(/C=C/C=C/C=C/C=C2/N(CCCCCC(=O)O)c3ccc(S(=O)(=O)[O-])cc3C2(C)C)=[N+](CCCCCC(=O)O)c2ccc(S(=O)(=O)[O-])cc21.CC1(C)C(/C=C/C=C/C=C/C=C2/N(CCCCCC(=O)O)c3ccc4cc(S(=O)(=O)[O-])ccc4c3C2(C)C)=[N+](CCCCCC(=O)O)c2ccc3cc(S(=O)(=O)[O-])ccc3c21. The van der Waals surface area contributed by atoms with Crippen molar-refractivity contribution in [3.63, 3.8) is 0 Å². The minimum atomic E-state index is -4.66. The van der Waals surface area contributed by atoms with E-state index in [0.717, 1.165) is 93.1 Å². The van der Waals surface area contributed by atoms with Crippen molar-refractivity contribution in [3.05, 3.63) is 216 Å². The van der Waals surface area contributed by atoms with Crippen molar-refractivity contribution >= 4 is 120 Å². The number of rotatable bonds is 36. The number of allylic oxidation sites excluding steroid dienone is 16.